The molecule has 0 spiro atoms. The van der Waals surface area contributed by atoms with Gasteiger partial charge in [0.25, 0.3) is 5.56 Å². The van der Waals surface area contributed by atoms with Crippen LogP contribution in [0.3, 0.4) is 0 Å². The molecule has 170 valence electrons. The maximum atomic E-state index is 13.6. The van der Waals surface area contributed by atoms with Crippen LogP contribution in [0.5, 0.6) is 0 Å². The van der Waals surface area contributed by atoms with Gasteiger partial charge in [-0.15, -0.1) is 0 Å². The largest absolute Gasteiger partial charge is 0.365 e. The summed E-state index contributed by atoms with van der Waals surface area (Å²) in [6, 6.07) is 15.7. The SMILES string of the molecule is Cc1ccc(-c2c3c(=O)n(C)c(=O)n(C)c3c3n2C(C)(C)COC3c2ccc(Cl)cc2)cc1. The number of nitrogens with zero attached hydrogens (tertiary/aromatic N) is 3. The highest BCUT2D eigenvalue weighted by Gasteiger charge is 2.40. The molecule has 0 bridgehead atoms. The summed E-state index contributed by atoms with van der Waals surface area (Å²) in [6.45, 7) is 6.66. The van der Waals surface area contributed by atoms with Gasteiger partial charge >= 0.3 is 5.69 Å². The highest BCUT2D eigenvalue weighted by atomic mass is 35.5. The van der Waals surface area contributed by atoms with Crippen LogP contribution in [0, 0.1) is 6.92 Å². The van der Waals surface area contributed by atoms with E-state index in [-0.39, 0.29) is 11.2 Å². The summed E-state index contributed by atoms with van der Waals surface area (Å²) < 4.78 is 11.3. The number of fused-ring (bicyclic) bond motifs is 3. The van der Waals surface area contributed by atoms with Crippen LogP contribution in [0.4, 0.5) is 0 Å². The molecule has 0 N–H and O–H groups in total. The van der Waals surface area contributed by atoms with Gasteiger partial charge < -0.3 is 9.30 Å². The molecule has 1 aliphatic heterocycles. The molecule has 4 aromatic rings. The Morgan fingerprint density at radius 2 is 1.61 bits per heavy atom. The molecule has 0 saturated heterocycles. The summed E-state index contributed by atoms with van der Waals surface area (Å²) in [7, 11) is 3.24. The molecule has 33 heavy (non-hydrogen) atoms. The second kappa shape index (κ2) is 7.47. The zero-order valence-electron chi connectivity index (χ0n) is 19.3. The van der Waals surface area contributed by atoms with E-state index < -0.39 is 11.6 Å². The van der Waals surface area contributed by atoms with Gasteiger partial charge in [-0.05, 0) is 44.0 Å². The normalized spacial score (nSPS) is 17.3. The number of hydrogen-bond acceptors (Lipinski definition) is 3. The smallest absolute Gasteiger partial charge is 0.331 e. The first-order chi connectivity index (χ1) is 15.6. The Bertz CT molecular complexity index is 1510. The van der Waals surface area contributed by atoms with Crippen LogP contribution in [0.15, 0.2) is 58.1 Å². The summed E-state index contributed by atoms with van der Waals surface area (Å²) in [5.41, 5.74) is 4.07. The van der Waals surface area contributed by atoms with Crippen molar-refractivity contribution < 1.29 is 4.74 Å². The molecule has 0 amide bonds. The number of hydrogen-bond donors (Lipinski definition) is 0. The highest BCUT2D eigenvalue weighted by Crippen LogP contribution is 2.45. The molecule has 3 heterocycles. The van der Waals surface area contributed by atoms with Crippen molar-refractivity contribution in [3.8, 4) is 11.3 Å². The molecule has 2 aromatic heterocycles. The third-order valence-electron chi connectivity index (χ3n) is 6.56. The quantitative estimate of drug-likeness (QED) is 0.439. The summed E-state index contributed by atoms with van der Waals surface area (Å²) in [6.07, 6.45) is -0.449. The van der Waals surface area contributed by atoms with E-state index in [9.17, 15) is 9.59 Å². The number of halogens is 1. The first-order valence-electron chi connectivity index (χ1n) is 10.9. The van der Waals surface area contributed by atoms with Gasteiger partial charge in [0.15, 0.2) is 0 Å². The average Bonchev–Trinajstić information content (AvgIpc) is 3.15. The zero-order valence-corrected chi connectivity index (χ0v) is 20.1. The Morgan fingerprint density at radius 3 is 2.24 bits per heavy atom. The molecular weight excluding hydrogens is 438 g/mol. The Morgan fingerprint density at radius 1 is 0.970 bits per heavy atom. The van der Waals surface area contributed by atoms with Gasteiger partial charge in [-0.3, -0.25) is 13.9 Å². The van der Waals surface area contributed by atoms with Crippen molar-refractivity contribution in [3.63, 3.8) is 0 Å². The number of rotatable bonds is 2. The van der Waals surface area contributed by atoms with E-state index >= 15 is 0 Å². The van der Waals surface area contributed by atoms with E-state index in [1.807, 2.05) is 55.5 Å². The molecule has 6 nitrogen and oxygen atoms in total. The van der Waals surface area contributed by atoms with Gasteiger partial charge in [0.2, 0.25) is 0 Å². The lowest BCUT2D eigenvalue weighted by Gasteiger charge is -2.39. The third-order valence-corrected chi connectivity index (χ3v) is 6.82. The van der Waals surface area contributed by atoms with Crippen LogP contribution < -0.4 is 11.2 Å². The lowest BCUT2D eigenvalue weighted by atomic mass is 9.98. The molecule has 0 radical (unpaired) electrons. The van der Waals surface area contributed by atoms with Crippen molar-refractivity contribution in [3.05, 3.63) is 91.2 Å². The van der Waals surface area contributed by atoms with E-state index in [0.29, 0.717) is 22.5 Å². The van der Waals surface area contributed by atoms with Crippen molar-refractivity contribution in [2.75, 3.05) is 6.61 Å². The standard InChI is InChI=1S/C26H26ClN3O3/c1-15-6-8-16(9-7-15)20-19-21(28(4)25(32)29(5)24(19)31)22-23(17-10-12-18(27)13-11-17)33-14-26(2,3)30(20)22/h6-13,23H,14H2,1-5H3. The van der Waals surface area contributed by atoms with Crippen LogP contribution >= 0.6 is 11.6 Å². The van der Waals surface area contributed by atoms with Crippen LogP contribution in [0.1, 0.15) is 36.8 Å². The maximum absolute atomic E-state index is 13.6. The fourth-order valence-electron chi connectivity index (χ4n) is 4.87. The minimum atomic E-state index is -0.449. The van der Waals surface area contributed by atoms with Crippen molar-refractivity contribution in [2.24, 2.45) is 14.1 Å². The molecule has 0 fully saturated rings. The summed E-state index contributed by atoms with van der Waals surface area (Å²) >= 11 is 6.14. The van der Waals surface area contributed by atoms with Crippen molar-refractivity contribution in [1.29, 1.82) is 0 Å². The first kappa shape index (κ1) is 21.7. The number of benzene rings is 2. The van der Waals surface area contributed by atoms with Crippen LogP contribution in [0.25, 0.3) is 22.2 Å². The fraction of sp³-hybridized carbons (Fsp3) is 0.308. The topological polar surface area (TPSA) is 58.2 Å². The van der Waals surface area contributed by atoms with Crippen molar-refractivity contribution in [2.45, 2.75) is 32.4 Å². The van der Waals surface area contributed by atoms with Gasteiger partial charge in [-0.2, -0.15) is 0 Å². The lowest BCUT2D eigenvalue weighted by molar-refractivity contribution is -0.00707. The van der Waals surface area contributed by atoms with Crippen LogP contribution in [-0.4, -0.2) is 20.3 Å². The average molecular weight is 464 g/mol. The van der Waals surface area contributed by atoms with E-state index in [1.54, 1.807) is 11.6 Å². The van der Waals surface area contributed by atoms with Gasteiger partial charge in [0.05, 0.1) is 34.4 Å². The summed E-state index contributed by atoms with van der Waals surface area (Å²) in [4.78, 5) is 26.5. The highest BCUT2D eigenvalue weighted by molar-refractivity contribution is 6.30. The minimum Gasteiger partial charge on any atom is -0.365 e. The number of aryl methyl sites for hydroxylation is 2. The van der Waals surface area contributed by atoms with Crippen molar-refractivity contribution >= 4 is 22.5 Å². The van der Waals surface area contributed by atoms with Gasteiger partial charge in [-0.25, -0.2) is 4.79 Å². The monoisotopic (exact) mass is 463 g/mol. The first-order valence-corrected chi connectivity index (χ1v) is 11.3. The summed E-state index contributed by atoms with van der Waals surface area (Å²) in [5.74, 6) is 0. The van der Waals surface area contributed by atoms with Gasteiger partial charge in [0, 0.05) is 19.1 Å². The molecular formula is C26H26ClN3O3. The van der Waals surface area contributed by atoms with Gasteiger partial charge in [-0.1, -0.05) is 53.6 Å². The van der Waals surface area contributed by atoms with Gasteiger partial charge in [0.1, 0.15) is 6.10 Å². The zero-order chi connectivity index (χ0) is 23.7. The molecule has 1 unspecified atom stereocenters. The Hall–Kier alpha value is -3.09. The molecule has 0 aliphatic carbocycles. The molecule has 0 saturated carbocycles. The predicted octanol–water partition coefficient (Wildman–Crippen LogP) is 4.52. The second-order valence-electron chi connectivity index (χ2n) is 9.42. The number of ether oxygens (including phenoxy) is 1. The summed E-state index contributed by atoms with van der Waals surface area (Å²) in [5, 5.41) is 1.16. The second-order valence-corrected chi connectivity index (χ2v) is 9.86. The minimum absolute atomic E-state index is 0.309. The molecule has 1 atom stereocenters. The molecule has 1 aliphatic rings. The van der Waals surface area contributed by atoms with E-state index in [1.165, 1.54) is 11.6 Å². The fourth-order valence-corrected chi connectivity index (χ4v) is 5.00. The molecule has 5 rings (SSSR count). The molecule has 2 aromatic carbocycles. The van der Waals surface area contributed by atoms with Crippen LogP contribution in [0.2, 0.25) is 5.02 Å². The molecule has 7 heteroatoms. The third kappa shape index (κ3) is 3.20. The Kier molecular flexibility index (Phi) is 4.92. The lowest BCUT2D eigenvalue weighted by Crippen LogP contribution is -2.40. The number of aromatic nitrogens is 3. The van der Waals surface area contributed by atoms with E-state index in [0.717, 1.165) is 28.1 Å². The van der Waals surface area contributed by atoms with Crippen molar-refractivity contribution in [1.82, 2.24) is 13.7 Å². The predicted molar refractivity (Wildman–Crippen MR) is 131 cm³/mol. The Balaban J connectivity index is 2.00. The van der Waals surface area contributed by atoms with Crippen LogP contribution in [-0.2, 0) is 24.4 Å². The van der Waals surface area contributed by atoms with E-state index in [4.69, 9.17) is 16.3 Å². The van der Waals surface area contributed by atoms with E-state index in [2.05, 4.69) is 18.4 Å². The maximum Gasteiger partial charge on any atom is 0.331 e. The Labute approximate surface area is 196 Å².